The van der Waals surface area contributed by atoms with Crippen molar-refractivity contribution < 1.29 is 9.13 Å². The van der Waals surface area contributed by atoms with E-state index < -0.39 is 0 Å². The van der Waals surface area contributed by atoms with E-state index >= 15 is 0 Å². The van der Waals surface area contributed by atoms with E-state index in [1.807, 2.05) is 38.1 Å². The smallest absolute Gasteiger partial charge is 0.129 e. The van der Waals surface area contributed by atoms with Gasteiger partial charge in [0.1, 0.15) is 11.6 Å². The first-order chi connectivity index (χ1) is 9.52. The summed E-state index contributed by atoms with van der Waals surface area (Å²) in [6, 6.07) is 11.0. The maximum absolute atomic E-state index is 14.1. The third kappa shape index (κ3) is 3.41. The maximum atomic E-state index is 14.1. The van der Waals surface area contributed by atoms with Crippen LogP contribution in [-0.4, -0.2) is 6.61 Å². The van der Waals surface area contributed by atoms with Crippen molar-refractivity contribution in [1.82, 2.24) is 0 Å². The van der Waals surface area contributed by atoms with Gasteiger partial charge in [-0.2, -0.15) is 0 Å². The molecule has 2 rings (SSSR count). The Kier molecular flexibility index (Phi) is 5.22. The van der Waals surface area contributed by atoms with Crippen LogP contribution in [0.3, 0.4) is 0 Å². The highest BCUT2D eigenvalue weighted by molar-refractivity contribution is 9.10. The highest BCUT2D eigenvalue weighted by atomic mass is 79.9. The first-order valence-corrected chi connectivity index (χ1v) is 8.06. The van der Waals surface area contributed by atoms with E-state index in [1.54, 1.807) is 6.07 Å². The van der Waals surface area contributed by atoms with Crippen molar-refractivity contribution >= 4 is 31.9 Å². The van der Waals surface area contributed by atoms with Gasteiger partial charge in [0.2, 0.25) is 0 Å². The van der Waals surface area contributed by atoms with Crippen LogP contribution in [-0.2, 0) is 0 Å². The molecule has 0 aliphatic heterocycles. The molecule has 0 saturated carbocycles. The molecule has 0 bridgehead atoms. The standard InChI is InChI=1S/C16H15Br2FO/c1-3-20-15-7-4-10(2)8-13(15)16(18)12-6-5-11(17)9-14(12)19/h4-9,16H,3H2,1-2H3. The summed E-state index contributed by atoms with van der Waals surface area (Å²) in [5.74, 6) is 0.535. The summed E-state index contributed by atoms with van der Waals surface area (Å²) < 4.78 is 20.5. The highest BCUT2D eigenvalue weighted by Crippen LogP contribution is 2.38. The van der Waals surface area contributed by atoms with E-state index in [4.69, 9.17) is 4.74 Å². The fraction of sp³-hybridized carbons (Fsp3) is 0.250. The minimum absolute atomic E-state index is 0.239. The molecule has 0 heterocycles. The molecule has 0 spiro atoms. The monoisotopic (exact) mass is 400 g/mol. The first-order valence-electron chi connectivity index (χ1n) is 6.35. The number of hydrogen-bond acceptors (Lipinski definition) is 1. The van der Waals surface area contributed by atoms with Crippen LogP contribution >= 0.6 is 31.9 Å². The van der Waals surface area contributed by atoms with Gasteiger partial charge in [0.05, 0.1) is 11.4 Å². The summed E-state index contributed by atoms with van der Waals surface area (Å²) in [4.78, 5) is -0.239. The topological polar surface area (TPSA) is 9.23 Å². The molecule has 1 nitrogen and oxygen atoms in total. The van der Waals surface area contributed by atoms with Gasteiger partial charge in [-0.05, 0) is 32.0 Å². The number of hydrogen-bond donors (Lipinski definition) is 0. The van der Waals surface area contributed by atoms with Crippen molar-refractivity contribution in [3.05, 3.63) is 63.4 Å². The fourth-order valence-corrected chi connectivity index (χ4v) is 3.09. The molecule has 0 aromatic heterocycles. The summed E-state index contributed by atoms with van der Waals surface area (Å²) in [6.07, 6.45) is 0. The summed E-state index contributed by atoms with van der Waals surface area (Å²) in [7, 11) is 0. The van der Waals surface area contributed by atoms with Gasteiger partial charge in [0.25, 0.3) is 0 Å². The zero-order valence-corrected chi connectivity index (χ0v) is 14.5. The Bertz CT molecular complexity index is 613. The Morgan fingerprint density at radius 3 is 2.55 bits per heavy atom. The largest absolute Gasteiger partial charge is 0.494 e. The molecule has 0 radical (unpaired) electrons. The Morgan fingerprint density at radius 1 is 1.15 bits per heavy atom. The Balaban J connectivity index is 2.46. The second kappa shape index (κ2) is 6.72. The Labute approximate surface area is 135 Å². The van der Waals surface area contributed by atoms with Crippen LogP contribution in [0.5, 0.6) is 5.75 Å². The zero-order chi connectivity index (χ0) is 14.7. The lowest BCUT2D eigenvalue weighted by atomic mass is 10.0. The first kappa shape index (κ1) is 15.5. The quantitative estimate of drug-likeness (QED) is 0.590. The van der Waals surface area contributed by atoms with E-state index in [1.165, 1.54) is 6.07 Å². The van der Waals surface area contributed by atoms with Gasteiger partial charge in [0, 0.05) is 15.6 Å². The normalized spacial score (nSPS) is 12.2. The molecule has 20 heavy (non-hydrogen) atoms. The predicted octanol–water partition coefficient (Wildman–Crippen LogP) is 5.78. The molecule has 0 aliphatic carbocycles. The molecular formula is C16H15Br2FO. The number of benzene rings is 2. The lowest BCUT2D eigenvalue weighted by Crippen LogP contribution is -2.02. The molecule has 2 aromatic rings. The Hall–Kier alpha value is -0.870. The van der Waals surface area contributed by atoms with Crippen LogP contribution in [0.2, 0.25) is 0 Å². The minimum Gasteiger partial charge on any atom is -0.494 e. The molecular weight excluding hydrogens is 387 g/mol. The minimum atomic E-state index is -0.245. The predicted molar refractivity (Wildman–Crippen MR) is 87.2 cm³/mol. The highest BCUT2D eigenvalue weighted by Gasteiger charge is 2.19. The molecule has 1 unspecified atom stereocenters. The van der Waals surface area contributed by atoms with Crippen molar-refractivity contribution in [3.63, 3.8) is 0 Å². The summed E-state index contributed by atoms with van der Waals surface area (Å²) in [5, 5.41) is 0. The van der Waals surface area contributed by atoms with Crippen molar-refractivity contribution in [2.75, 3.05) is 6.61 Å². The average molecular weight is 402 g/mol. The van der Waals surface area contributed by atoms with Crippen molar-refractivity contribution in [2.45, 2.75) is 18.7 Å². The zero-order valence-electron chi connectivity index (χ0n) is 11.3. The maximum Gasteiger partial charge on any atom is 0.129 e. The van der Waals surface area contributed by atoms with E-state index in [0.717, 1.165) is 21.3 Å². The second-order valence-electron chi connectivity index (χ2n) is 4.50. The van der Waals surface area contributed by atoms with E-state index in [2.05, 4.69) is 31.9 Å². The number of alkyl halides is 1. The molecule has 0 aliphatic rings. The second-order valence-corrected chi connectivity index (χ2v) is 6.33. The number of ether oxygens (including phenoxy) is 1. The Morgan fingerprint density at radius 2 is 1.90 bits per heavy atom. The number of aryl methyl sites for hydroxylation is 1. The van der Waals surface area contributed by atoms with Crippen molar-refractivity contribution in [1.29, 1.82) is 0 Å². The van der Waals surface area contributed by atoms with Gasteiger partial charge in [-0.3, -0.25) is 0 Å². The SMILES string of the molecule is CCOc1ccc(C)cc1C(Br)c1ccc(Br)cc1F. The van der Waals surface area contributed by atoms with Gasteiger partial charge in [0.15, 0.2) is 0 Å². The lowest BCUT2D eigenvalue weighted by Gasteiger charge is -2.17. The van der Waals surface area contributed by atoms with Crippen LogP contribution in [0.25, 0.3) is 0 Å². The van der Waals surface area contributed by atoms with Crippen LogP contribution in [0.1, 0.15) is 28.4 Å². The van der Waals surface area contributed by atoms with Crippen LogP contribution in [0.4, 0.5) is 4.39 Å². The fourth-order valence-electron chi connectivity index (χ4n) is 2.03. The van der Waals surface area contributed by atoms with Gasteiger partial charge in [-0.1, -0.05) is 55.6 Å². The molecule has 1 atom stereocenters. The molecule has 106 valence electrons. The van der Waals surface area contributed by atoms with Gasteiger partial charge >= 0.3 is 0 Å². The molecule has 0 amide bonds. The molecule has 0 saturated heterocycles. The van der Waals surface area contributed by atoms with Gasteiger partial charge in [-0.25, -0.2) is 4.39 Å². The third-order valence-corrected chi connectivity index (χ3v) is 4.45. The molecule has 2 aromatic carbocycles. The molecule has 0 fully saturated rings. The van der Waals surface area contributed by atoms with Crippen molar-refractivity contribution in [3.8, 4) is 5.75 Å². The lowest BCUT2D eigenvalue weighted by molar-refractivity contribution is 0.337. The molecule has 0 N–H and O–H groups in total. The number of halogens is 3. The van der Waals surface area contributed by atoms with E-state index in [0.29, 0.717) is 12.2 Å². The van der Waals surface area contributed by atoms with E-state index in [-0.39, 0.29) is 10.6 Å². The molecule has 4 heteroatoms. The number of rotatable bonds is 4. The summed E-state index contributed by atoms with van der Waals surface area (Å²) in [5.41, 5.74) is 2.65. The third-order valence-electron chi connectivity index (χ3n) is 2.97. The van der Waals surface area contributed by atoms with Crippen molar-refractivity contribution in [2.24, 2.45) is 0 Å². The summed E-state index contributed by atoms with van der Waals surface area (Å²) in [6.45, 7) is 4.53. The average Bonchev–Trinajstić information content (AvgIpc) is 2.40. The van der Waals surface area contributed by atoms with Crippen LogP contribution < -0.4 is 4.74 Å². The van der Waals surface area contributed by atoms with Gasteiger partial charge < -0.3 is 4.74 Å². The van der Waals surface area contributed by atoms with Crippen LogP contribution in [0.15, 0.2) is 40.9 Å². The van der Waals surface area contributed by atoms with Crippen LogP contribution in [0, 0.1) is 12.7 Å². The van der Waals surface area contributed by atoms with Gasteiger partial charge in [-0.15, -0.1) is 0 Å². The van der Waals surface area contributed by atoms with E-state index in [9.17, 15) is 4.39 Å². The summed E-state index contributed by atoms with van der Waals surface area (Å²) >= 11 is 6.86.